The quantitative estimate of drug-likeness (QED) is 0.400. The maximum Gasteiger partial charge on any atom is 0.271 e. The molecule has 0 saturated heterocycles. The van der Waals surface area contributed by atoms with E-state index in [1.54, 1.807) is 54.6 Å². The highest BCUT2D eigenvalue weighted by atomic mass is 16.6. The van der Waals surface area contributed by atoms with Gasteiger partial charge in [0.15, 0.2) is 0 Å². The van der Waals surface area contributed by atoms with Crippen LogP contribution in [0.5, 0.6) is 5.75 Å². The number of Topliss-reactive ketones (excluding diaryl/α,β-unsaturated/α-hetero) is 1. The van der Waals surface area contributed by atoms with Crippen LogP contribution in [0.2, 0.25) is 0 Å². The number of anilines is 1. The third kappa shape index (κ3) is 2.39. The second kappa shape index (κ2) is 6.71. The molecule has 7 heteroatoms. The normalized spacial score (nSPS) is 22.4. The van der Waals surface area contributed by atoms with E-state index in [2.05, 4.69) is 5.32 Å². The highest BCUT2D eigenvalue weighted by Crippen LogP contribution is 2.59. The van der Waals surface area contributed by atoms with E-state index < -0.39 is 23.0 Å². The van der Waals surface area contributed by atoms with Gasteiger partial charge in [0.2, 0.25) is 11.3 Å². The summed E-state index contributed by atoms with van der Waals surface area (Å²) in [7, 11) is 0. The number of ether oxygens (including phenoxy) is 1. The van der Waals surface area contributed by atoms with Crippen LogP contribution in [0.15, 0.2) is 71.3 Å². The summed E-state index contributed by atoms with van der Waals surface area (Å²) in [5.74, 6) is -2.73. The number of furan rings is 1. The van der Waals surface area contributed by atoms with Crippen LogP contribution in [-0.4, -0.2) is 16.8 Å². The van der Waals surface area contributed by atoms with Crippen LogP contribution in [0.4, 0.5) is 5.69 Å². The van der Waals surface area contributed by atoms with Gasteiger partial charge in [-0.25, -0.2) is 0 Å². The van der Waals surface area contributed by atoms with Gasteiger partial charge < -0.3 is 25.3 Å². The summed E-state index contributed by atoms with van der Waals surface area (Å²) in [4.78, 5) is 27.6. The Morgan fingerprint density at radius 1 is 1.06 bits per heavy atom. The van der Waals surface area contributed by atoms with Crippen LogP contribution in [0.1, 0.15) is 57.2 Å². The van der Waals surface area contributed by atoms with E-state index in [0.29, 0.717) is 22.3 Å². The van der Waals surface area contributed by atoms with Crippen LogP contribution in [0.25, 0.3) is 11.0 Å². The maximum atomic E-state index is 14.0. The van der Waals surface area contributed by atoms with Crippen LogP contribution in [0, 0.1) is 0 Å². The van der Waals surface area contributed by atoms with Crippen molar-refractivity contribution in [3.8, 4) is 5.75 Å². The van der Waals surface area contributed by atoms with E-state index in [1.807, 2.05) is 19.9 Å². The predicted molar refractivity (Wildman–Crippen MR) is 126 cm³/mol. The van der Waals surface area contributed by atoms with E-state index >= 15 is 0 Å². The van der Waals surface area contributed by atoms with Gasteiger partial charge in [0.05, 0.1) is 11.1 Å². The van der Waals surface area contributed by atoms with Gasteiger partial charge in [0, 0.05) is 22.2 Å². The van der Waals surface area contributed by atoms with Crippen molar-refractivity contribution >= 4 is 28.3 Å². The first-order valence-corrected chi connectivity index (χ1v) is 11.1. The number of nitrogens with one attached hydrogen (secondary N) is 1. The molecule has 7 nitrogen and oxygen atoms in total. The maximum absolute atomic E-state index is 14.0. The molecule has 1 aliphatic heterocycles. The van der Waals surface area contributed by atoms with Gasteiger partial charge in [0.25, 0.3) is 11.7 Å². The first-order chi connectivity index (χ1) is 16.3. The smallest absolute Gasteiger partial charge is 0.271 e. The van der Waals surface area contributed by atoms with Crippen molar-refractivity contribution in [2.45, 2.75) is 31.1 Å². The Morgan fingerprint density at radius 3 is 2.65 bits per heavy atom. The molecule has 0 fully saturated rings. The lowest BCUT2D eigenvalue weighted by Crippen LogP contribution is -2.60. The number of rotatable bonds is 3. The fraction of sp³-hybridized carbons (Fsp3) is 0.185. The van der Waals surface area contributed by atoms with Gasteiger partial charge >= 0.3 is 0 Å². The molecule has 0 spiro atoms. The number of hydrogen-bond donors (Lipinski definition) is 3. The topological polar surface area (TPSA) is 115 Å². The minimum atomic E-state index is -2.16. The lowest BCUT2D eigenvalue weighted by molar-refractivity contribution is -0.169. The molecule has 2 aliphatic rings. The zero-order valence-electron chi connectivity index (χ0n) is 18.6. The zero-order valence-corrected chi connectivity index (χ0v) is 18.6. The van der Waals surface area contributed by atoms with Crippen LogP contribution in [0.3, 0.4) is 0 Å². The molecule has 3 aromatic carbocycles. The average molecular weight is 454 g/mol. The Kier molecular flexibility index (Phi) is 4.05. The Labute approximate surface area is 195 Å². The number of ketones is 1. The molecule has 2 unspecified atom stereocenters. The van der Waals surface area contributed by atoms with Gasteiger partial charge in [-0.3, -0.25) is 9.59 Å². The van der Waals surface area contributed by atoms with Gasteiger partial charge in [0.1, 0.15) is 17.6 Å². The molecule has 2 heterocycles. The minimum absolute atomic E-state index is 0.140. The second-order valence-corrected chi connectivity index (χ2v) is 9.10. The lowest BCUT2D eigenvalue weighted by Gasteiger charge is -2.34. The molecule has 1 aliphatic carbocycles. The summed E-state index contributed by atoms with van der Waals surface area (Å²) in [6, 6.07) is 17.3. The van der Waals surface area contributed by atoms with Crippen molar-refractivity contribution in [2.24, 2.45) is 0 Å². The number of para-hydroxylation sites is 1. The monoisotopic (exact) mass is 454 g/mol. The van der Waals surface area contributed by atoms with Crippen molar-refractivity contribution < 1.29 is 23.8 Å². The van der Waals surface area contributed by atoms with Gasteiger partial charge in [-0.15, -0.1) is 0 Å². The van der Waals surface area contributed by atoms with Crippen LogP contribution in [-0.2, 0) is 11.3 Å². The molecule has 1 aromatic heterocycles. The number of hydrogen-bond acceptors (Lipinski definition) is 6. The van der Waals surface area contributed by atoms with Crippen LogP contribution < -0.4 is 15.8 Å². The summed E-state index contributed by atoms with van der Waals surface area (Å²) < 4.78 is 11.6. The molecule has 4 N–H and O–H groups in total. The van der Waals surface area contributed by atoms with Crippen molar-refractivity contribution in [3.05, 3.63) is 94.7 Å². The van der Waals surface area contributed by atoms with Gasteiger partial charge in [-0.2, -0.15) is 0 Å². The van der Waals surface area contributed by atoms with Gasteiger partial charge in [-0.05, 0) is 29.7 Å². The molecule has 170 valence electrons. The number of benzene rings is 3. The van der Waals surface area contributed by atoms with E-state index in [9.17, 15) is 14.7 Å². The van der Waals surface area contributed by atoms with Crippen molar-refractivity contribution in [1.29, 1.82) is 0 Å². The van der Waals surface area contributed by atoms with E-state index in [4.69, 9.17) is 14.9 Å². The number of carbonyl (C=O) groups is 2. The highest BCUT2D eigenvalue weighted by Gasteiger charge is 2.72. The summed E-state index contributed by atoms with van der Waals surface area (Å²) >= 11 is 0. The molecule has 1 amide bonds. The first kappa shape index (κ1) is 20.5. The SMILES string of the molecule is CC(C)c1ccc2c(c1)OC1(O)c3cccc(N)c3C(=O)C21NC(=O)c1coc2ccccc12. The second-order valence-electron chi connectivity index (χ2n) is 9.10. The number of carbonyl (C=O) groups excluding carboxylic acids is 2. The Morgan fingerprint density at radius 2 is 1.85 bits per heavy atom. The fourth-order valence-corrected chi connectivity index (χ4v) is 5.14. The number of nitrogens with two attached hydrogens (primary N) is 1. The molecular formula is C27H22N2O5. The standard InChI is InChI=1S/C27H22N2O5/c1-14(2)15-10-11-18-22(12-15)34-27(32)19-7-5-8-20(28)23(19)24(30)26(18,27)29-25(31)17-13-33-21-9-4-3-6-16(17)21/h3-14,32H,28H2,1-2H3,(H,29,31). The molecule has 2 atom stereocenters. The number of nitrogen functional groups attached to an aromatic ring is 1. The number of fused-ring (bicyclic) bond motifs is 6. The first-order valence-electron chi connectivity index (χ1n) is 11.1. The van der Waals surface area contributed by atoms with E-state index in [1.165, 1.54) is 6.26 Å². The fourth-order valence-electron chi connectivity index (χ4n) is 5.14. The molecular weight excluding hydrogens is 432 g/mol. The summed E-state index contributed by atoms with van der Waals surface area (Å²) in [6.07, 6.45) is 1.34. The van der Waals surface area contributed by atoms with Crippen molar-refractivity contribution in [1.82, 2.24) is 5.32 Å². The number of aliphatic hydroxyl groups is 1. The third-order valence-corrected chi connectivity index (χ3v) is 6.90. The molecule has 0 bridgehead atoms. The zero-order chi connectivity index (χ0) is 23.8. The molecule has 6 rings (SSSR count). The van der Waals surface area contributed by atoms with Crippen molar-refractivity contribution in [2.75, 3.05) is 5.73 Å². The molecule has 34 heavy (non-hydrogen) atoms. The highest BCUT2D eigenvalue weighted by molar-refractivity contribution is 6.17. The Bertz CT molecular complexity index is 1520. The van der Waals surface area contributed by atoms with Gasteiger partial charge in [-0.1, -0.05) is 56.3 Å². The Hall–Kier alpha value is -4.10. The summed E-state index contributed by atoms with van der Waals surface area (Å²) in [5.41, 5.74) is 6.94. The molecule has 0 radical (unpaired) electrons. The minimum Gasteiger partial charge on any atom is -0.463 e. The van der Waals surface area contributed by atoms with Crippen LogP contribution >= 0.6 is 0 Å². The largest absolute Gasteiger partial charge is 0.463 e. The average Bonchev–Trinajstić information content (AvgIpc) is 3.41. The predicted octanol–water partition coefficient (Wildman–Crippen LogP) is 4.20. The summed E-state index contributed by atoms with van der Waals surface area (Å²) in [6.45, 7) is 4.07. The molecule has 4 aromatic rings. The van der Waals surface area contributed by atoms with E-state index in [0.717, 1.165) is 5.56 Å². The van der Waals surface area contributed by atoms with Crippen molar-refractivity contribution in [3.63, 3.8) is 0 Å². The molecule has 0 saturated carbocycles. The van der Waals surface area contributed by atoms with E-state index in [-0.39, 0.29) is 28.3 Å². The number of amides is 1. The Balaban J connectivity index is 1.57. The lowest BCUT2D eigenvalue weighted by atomic mass is 9.82. The summed E-state index contributed by atoms with van der Waals surface area (Å²) in [5, 5.41) is 15.4. The third-order valence-electron chi connectivity index (χ3n) is 6.90.